The quantitative estimate of drug-likeness (QED) is 0.527. The van der Waals surface area contributed by atoms with Crippen LogP contribution in [0.15, 0.2) is 0 Å². The first-order valence-corrected chi connectivity index (χ1v) is 5.08. The molecular weight excluding hydrogens is 397 g/mol. The van der Waals surface area contributed by atoms with E-state index in [-0.39, 0.29) is 0 Å². The summed E-state index contributed by atoms with van der Waals surface area (Å²) in [4.78, 5) is 1.86. The lowest BCUT2D eigenvalue weighted by Gasteiger charge is -2.39. The molecule has 1 nitrogen and oxygen atoms in total. The van der Waals surface area contributed by atoms with Crippen molar-refractivity contribution in [3.63, 3.8) is 0 Å². The number of hydrogen-bond acceptors (Lipinski definition) is 1. The standard InChI is InChI=1S/C8H3F15O/c9-2(24-23)1-3(10,11)4(12,13)5(14,15)6(16,17)7(18,19)8(20,21)22/h2H,1H2. The molecule has 146 valence electrons. The van der Waals surface area contributed by atoms with Gasteiger partial charge in [0.15, 0.2) is 0 Å². The highest BCUT2D eigenvalue weighted by Crippen LogP contribution is 2.60. The maximum absolute atomic E-state index is 12.9. The summed E-state index contributed by atoms with van der Waals surface area (Å²) in [7, 11) is 0. The van der Waals surface area contributed by atoms with Gasteiger partial charge in [0.05, 0.1) is 6.42 Å². The topological polar surface area (TPSA) is 9.23 Å². The molecule has 0 aliphatic carbocycles. The van der Waals surface area contributed by atoms with Crippen molar-refractivity contribution in [2.75, 3.05) is 0 Å². The third-order valence-electron chi connectivity index (χ3n) is 2.51. The molecule has 0 amide bonds. The van der Waals surface area contributed by atoms with Crippen molar-refractivity contribution in [1.82, 2.24) is 0 Å². The highest BCUT2D eigenvalue weighted by molar-refractivity contribution is 5.10. The summed E-state index contributed by atoms with van der Waals surface area (Å²) in [5.74, 6) is -38.3. The van der Waals surface area contributed by atoms with Crippen molar-refractivity contribution in [2.24, 2.45) is 0 Å². The van der Waals surface area contributed by atoms with Gasteiger partial charge in [0.1, 0.15) is 0 Å². The zero-order valence-electron chi connectivity index (χ0n) is 10.4. The third-order valence-corrected chi connectivity index (χ3v) is 2.51. The first kappa shape index (κ1) is 22.9. The predicted molar refractivity (Wildman–Crippen MR) is 42.5 cm³/mol. The van der Waals surface area contributed by atoms with Crippen LogP contribution in [0.25, 0.3) is 0 Å². The van der Waals surface area contributed by atoms with Crippen molar-refractivity contribution < 1.29 is 70.9 Å². The maximum Gasteiger partial charge on any atom is 0.460 e. The molecule has 24 heavy (non-hydrogen) atoms. The summed E-state index contributed by atoms with van der Waals surface area (Å²) >= 11 is 0. The second-order valence-electron chi connectivity index (χ2n) is 4.20. The Morgan fingerprint density at radius 1 is 0.583 bits per heavy atom. The molecule has 0 aromatic carbocycles. The monoisotopic (exact) mass is 400 g/mol. The van der Waals surface area contributed by atoms with Crippen molar-refractivity contribution >= 4 is 0 Å². The predicted octanol–water partition coefficient (Wildman–Crippen LogP) is 5.31. The van der Waals surface area contributed by atoms with Crippen molar-refractivity contribution in [2.45, 2.75) is 48.6 Å². The Morgan fingerprint density at radius 2 is 0.917 bits per heavy atom. The molecule has 0 aromatic rings. The highest BCUT2D eigenvalue weighted by Gasteiger charge is 2.90. The van der Waals surface area contributed by atoms with E-state index in [1.807, 2.05) is 4.94 Å². The molecule has 16 heteroatoms. The zero-order valence-corrected chi connectivity index (χ0v) is 10.4. The molecule has 1 atom stereocenters. The van der Waals surface area contributed by atoms with Gasteiger partial charge in [-0.3, -0.25) is 0 Å². The van der Waals surface area contributed by atoms with E-state index in [4.69, 9.17) is 0 Å². The van der Waals surface area contributed by atoms with Gasteiger partial charge in [0, 0.05) is 0 Å². The Hall–Kier alpha value is -1.09. The maximum atomic E-state index is 12.9. The minimum Gasteiger partial charge on any atom is -0.212 e. The molecule has 1 unspecified atom stereocenters. The molecule has 0 N–H and O–H groups in total. The Bertz CT molecular complexity index is 437. The van der Waals surface area contributed by atoms with Gasteiger partial charge in [0.25, 0.3) is 0 Å². The average molecular weight is 400 g/mol. The second kappa shape index (κ2) is 6.01. The largest absolute Gasteiger partial charge is 0.460 e. The Labute approximate surface area is 121 Å². The van der Waals surface area contributed by atoms with Gasteiger partial charge in [-0.2, -0.15) is 62.0 Å². The van der Waals surface area contributed by atoms with E-state index in [9.17, 15) is 66.0 Å². The normalized spacial score (nSPS) is 17.1. The van der Waals surface area contributed by atoms with Crippen LogP contribution in [0.1, 0.15) is 6.42 Å². The number of hydrogen-bond donors (Lipinski definition) is 0. The lowest BCUT2D eigenvalue weighted by Crippen LogP contribution is -2.70. The molecular formula is C8H3F15O. The summed E-state index contributed by atoms with van der Waals surface area (Å²) in [6.45, 7) is 0. The minimum absolute atomic E-state index is 1.86. The van der Waals surface area contributed by atoms with Crippen LogP contribution in [0.4, 0.5) is 66.0 Å². The molecule has 0 aromatic heterocycles. The Balaban J connectivity index is 6.11. The van der Waals surface area contributed by atoms with E-state index in [2.05, 4.69) is 0 Å². The molecule has 0 fully saturated rings. The molecule has 0 radical (unpaired) electrons. The van der Waals surface area contributed by atoms with E-state index in [1.54, 1.807) is 0 Å². The average Bonchev–Trinajstić information content (AvgIpc) is 2.35. The van der Waals surface area contributed by atoms with Crippen LogP contribution in [0.2, 0.25) is 0 Å². The smallest absolute Gasteiger partial charge is 0.212 e. The van der Waals surface area contributed by atoms with Gasteiger partial charge in [0.2, 0.25) is 6.36 Å². The first-order chi connectivity index (χ1) is 10.2. The van der Waals surface area contributed by atoms with Gasteiger partial charge in [-0.05, 0) is 4.53 Å². The highest BCUT2D eigenvalue weighted by atomic mass is 19.4. The van der Waals surface area contributed by atoms with Gasteiger partial charge in [-0.25, -0.2) is 4.39 Å². The molecule has 0 spiro atoms. The van der Waals surface area contributed by atoms with E-state index < -0.39 is 48.6 Å². The molecule has 0 bridgehead atoms. The molecule has 0 saturated carbocycles. The number of rotatable bonds is 7. The SMILES string of the molecule is FOC(F)CC(F)(F)C(F)(F)C(F)(F)C(F)(F)C(F)(F)C(F)(F)F. The van der Waals surface area contributed by atoms with E-state index >= 15 is 0 Å². The van der Waals surface area contributed by atoms with Crippen LogP contribution in [-0.2, 0) is 4.94 Å². The van der Waals surface area contributed by atoms with Crippen molar-refractivity contribution in [3.05, 3.63) is 0 Å². The Morgan fingerprint density at radius 3 is 1.21 bits per heavy atom. The van der Waals surface area contributed by atoms with Crippen molar-refractivity contribution in [3.8, 4) is 0 Å². The summed E-state index contributed by atoms with van der Waals surface area (Å²) < 4.78 is 185. The number of halogens is 15. The van der Waals surface area contributed by atoms with Crippen LogP contribution in [0.5, 0.6) is 0 Å². The number of alkyl halides is 14. The van der Waals surface area contributed by atoms with E-state index in [0.29, 0.717) is 0 Å². The minimum atomic E-state index is -8.08. The second-order valence-corrected chi connectivity index (χ2v) is 4.20. The summed E-state index contributed by atoms with van der Waals surface area (Å²) in [6, 6.07) is 0. The lowest BCUT2D eigenvalue weighted by atomic mass is 9.92. The van der Waals surface area contributed by atoms with Crippen LogP contribution in [-0.4, -0.2) is 42.1 Å². The first-order valence-electron chi connectivity index (χ1n) is 5.08. The molecule has 0 rings (SSSR count). The van der Waals surface area contributed by atoms with Gasteiger partial charge in [-0.15, -0.1) is 0 Å². The third kappa shape index (κ3) is 3.20. The molecule has 0 saturated heterocycles. The van der Waals surface area contributed by atoms with E-state index in [1.165, 1.54) is 0 Å². The fourth-order valence-electron chi connectivity index (χ4n) is 1.16. The van der Waals surface area contributed by atoms with Gasteiger partial charge < -0.3 is 0 Å². The van der Waals surface area contributed by atoms with Gasteiger partial charge in [-0.1, -0.05) is 0 Å². The molecule has 0 aliphatic heterocycles. The summed E-state index contributed by atoms with van der Waals surface area (Å²) in [5.41, 5.74) is 0. The van der Waals surface area contributed by atoms with Crippen LogP contribution in [0, 0.1) is 0 Å². The fourth-order valence-corrected chi connectivity index (χ4v) is 1.16. The Kier molecular flexibility index (Phi) is 5.74. The molecule has 0 heterocycles. The van der Waals surface area contributed by atoms with Crippen LogP contribution < -0.4 is 0 Å². The summed E-state index contributed by atoms with van der Waals surface area (Å²) in [5, 5.41) is 0. The lowest BCUT2D eigenvalue weighted by molar-refractivity contribution is -0.442. The summed E-state index contributed by atoms with van der Waals surface area (Å²) in [6.07, 6.45) is -15.0. The fraction of sp³-hybridized carbons (Fsp3) is 1.00. The van der Waals surface area contributed by atoms with Crippen LogP contribution in [0.3, 0.4) is 0 Å². The van der Waals surface area contributed by atoms with Crippen LogP contribution >= 0.6 is 0 Å². The molecule has 0 aliphatic rings. The van der Waals surface area contributed by atoms with E-state index in [0.717, 1.165) is 0 Å². The zero-order chi connectivity index (χ0) is 20.0. The van der Waals surface area contributed by atoms with Crippen molar-refractivity contribution in [1.29, 1.82) is 0 Å². The van der Waals surface area contributed by atoms with Gasteiger partial charge >= 0.3 is 35.8 Å².